The summed E-state index contributed by atoms with van der Waals surface area (Å²) in [4.78, 5) is 11.5. The molecule has 6 nitrogen and oxygen atoms in total. The zero-order valence-electron chi connectivity index (χ0n) is 9.99. The van der Waals surface area contributed by atoms with Gasteiger partial charge in [0.1, 0.15) is 0 Å². The van der Waals surface area contributed by atoms with Crippen molar-refractivity contribution in [2.24, 2.45) is 0 Å². The second-order valence-electron chi connectivity index (χ2n) is 3.63. The van der Waals surface area contributed by atoms with Crippen LogP contribution in [-0.4, -0.2) is 34.0 Å². The van der Waals surface area contributed by atoms with E-state index in [1.54, 1.807) is 0 Å². The first-order valence-corrected chi connectivity index (χ1v) is 6.27. The standard InChI is InChI=1S/C9H13F3N4O2S/c1-2-5(3-4-17)13-7(18)14-8-16-15-6(19-8)9(10,11)12/h5,17H,2-4H2,1H3,(H2,13,14,16,18). The van der Waals surface area contributed by atoms with Gasteiger partial charge < -0.3 is 10.4 Å². The van der Waals surface area contributed by atoms with Gasteiger partial charge in [0.05, 0.1) is 0 Å². The minimum absolute atomic E-state index is 0.0875. The number of carbonyl (C=O) groups is 1. The molecule has 1 aromatic heterocycles. The number of carbonyl (C=O) groups excluding carboxylic acids is 1. The third-order valence-corrected chi connectivity index (χ3v) is 3.08. The van der Waals surface area contributed by atoms with E-state index in [1.807, 2.05) is 6.92 Å². The van der Waals surface area contributed by atoms with Crippen LogP contribution in [0.3, 0.4) is 0 Å². The first-order valence-electron chi connectivity index (χ1n) is 5.46. The van der Waals surface area contributed by atoms with Gasteiger partial charge in [-0.2, -0.15) is 13.2 Å². The van der Waals surface area contributed by atoms with Gasteiger partial charge in [-0.1, -0.05) is 18.3 Å². The van der Waals surface area contributed by atoms with E-state index >= 15 is 0 Å². The number of aliphatic hydroxyl groups excluding tert-OH is 1. The van der Waals surface area contributed by atoms with E-state index in [-0.39, 0.29) is 29.1 Å². The van der Waals surface area contributed by atoms with Crippen molar-refractivity contribution < 1.29 is 23.1 Å². The number of alkyl halides is 3. The molecule has 0 bridgehead atoms. The normalized spacial score (nSPS) is 13.1. The summed E-state index contributed by atoms with van der Waals surface area (Å²) in [5.74, 6) is 0. The molecular weight excluding hydrogens is 285 g/mol. The van der Waals surface area contributed by atoms with E-state index in [4.69, 9.17) is 5.11 Å². The van der Waals surface area contributed by atoms with Crippen molar-refractivity contribution in [3.63, 3.8) is 0 Å². The second-order valence-corrected chi connectivity index (χ2v) is 4.60. The lowest BCUT2D eigenvalue weighted by molar-refractivity contribution is -0.138. The molecule has 108 valence electrons. The summed E-state index contributed by atoms with van der Waals surface area (Å²) in [7, 11) is 0. The smallest absolute Gasteiger partial charge is 0.396 e. The van der Waals surface area contributed by atoms with E-state index in [9.17, 15) is 18.0 Å². The fourth-order valence-electron chi connectivity index (χ4n) is 1.24. The second kappa shape index (κ2) is 6.66. The molecule has 0 aliphatic rings. The fraction of sp³-hybridized carbons (Fsp3) is 0.667. The third kappa shape index (κ3) is 4.99. The van der Waals surface area contributed by atoms with E-state index in [2.05, 4.69) is 20.8 Å². The van der Waals surface area contributed by atoms with Crippen LogP contribution in [0.15, 0.2) is 0 Å². The molecule has 10 heteroatoms. The molecule has 0 radical (unpaired) electrons. The van der Waals surface area contributed by atoms with Gasteiger partial charge in [-0.25, -0.2) is 4.79 Å². The maximum Gasteiger partial charge on any atom is 0.445 e. The van der Waals surface area contributed by atoms with Gasteiger partial charge in [-0.05, 0) is 12.8 Å². The average molecular weight is 298 g/mol. The SMILES string of the molecule is CCC(CCO)NC(=O)Nc1nnc(C(F)(F)F)s1. The maximum absolute atomic E-state index is 12.3. The number of urea groups is 1. The number of nitrogens with zero attached hydrogens (tertiary/aromatic N) is 2. The lowest BCUT2D eigenvalue weighted by atomic mass is 10.2. The van der Waals surface area contributed by atoms with Crippen molar-refractivity contribution >= 4 is 22.5 Å². The molecule has 19 heavy (non-hydrogen) atoms. The maximum atomic E-state index is 12.3. The van der Waals surface area contributed by atoms with Gasteiger partial charge in [-0.15, -0.1) is 10.2 Å². The molecular formula is C9H13F3N4O2S. The van der Waals surface area contributed by atoms with Crippen LogP contribution in [-0.2, 0) is 6.18 Å². The Hall–Kier alpha value is -1.42. The lowest BCUT2D eigenvalue weighted by Crippen LogP contribution is -2.38. The Bertz CT molecular complexity index is 424. The van der Waals surface area contributed by atoms with E-state index < -0.39 is 17.2 Å². The summed E-state index contributed by atoms with van der Waals surface area (Å²) in [6, 6.07) is -0.926. The Morgan fingerprint density at radius 1 is 1.47 bits per heavy atom. The first-order chi connectivity index (χ1) is 8.86. The Morgan fingerprint density at radius 3 is 2.63 bits per heavy atom. The Balaban J connectivity index is 2.55. The van der Waals surface area contributed by atoms with Gasteiger partial charge in [0.15, 0.2) is 0 Å². The van der Waals surface area contributed by atoms with Crippen LogP contribution in [0.1, 0.15) is 24.8 Å². The number of amides is 2. The van der Waals surface area contributed by atoms with Gasteiger partial charge in [0.2, 0.25) is 10.1 Å². The number of halogens is 3. The minimum atomic E-state index is -4.57. The van der Waals surface area contributed by atoms with Crippen LogP contribution in [0.4, 0.5) is 23.1 Å². The topological polar surface area (TPSA) is 87.1 Å². The zero-order valence-corrected chi connectivity index (χ0v) is 10.8. The number of rotatable bonds is 5. The van der Waals surface area contributed by atoms with Crippen molar-refractivity contribution in [1.29, 1.82) is 0 Å². The van der Waals surface area contributed by atoms with Gasteiger partial charge in [-0.3, -0.25) is 5.32 Å². The third-order valence-electron chi connectivity index (χ3n) is 2.19. The number of hydrogen-bond donors (Lipinski definition) is 3. The quantitative estimate of drug-likeness (QED) is 0.774. The first kappa shape index (κ1) is 15.6. The molecule has 1 rings (SSSR count). The van der Waals surface area contributed by atoms with E-state index in [0.29, 0.717) is 12.8 Å². The highest BCUT2D eigenvalue weighted by molar-refractivity contribution is 7.15. The molecule has 1 heterocycles. The molecule has 0 saturated heterocycles. The molecule has 0 spiro atoms. The Labute approximate surface area is 111 Å². The number of nitrogens with one attached hydrogen (secondary N) is 2. The highest BCUT2D eigenvalue weighted by Gasteiger charge is 2.35. The van der Waals surface area contributed by atoms with Crippen LogP contribution in [0.25, 0.3) is 0 Å². The number of hydrogen-bond acceptors (Lipinski definition) is 5. The molecule has 1 atom stereocenters. The largest absolute Gasteiger partial charge is 0.445 e. The highest BCUT2D eigenvalue weighted by Crippen LogP contribution is 2.32. The number of aromatic nitrogens is 2. The summed E-state index contributed by atoms with van der Waals surface area (Å²) in [6.07, 6.45) is -3.61. The predicted octanol–water partition coefficient (Wildman–Crippen LogP) is 1.84. The van der Waals surface area contributed by atoms with Crippen LogP contribution in [0.5, 0.6) is 0 Å². The summed E-state index contributed by atoms with van der Waals surface area (Å²) >= 11 is 0.248. The summed E-state index contributed by atoms with van der Waals surface area (Å²) < 4.78 is 36.8. The van der Waals surface area contributed by atoms with Crippen molar-refractivity contribution in [2.45, 2.75) is 32.0 Å². The molecule has 0 fully saturated rings. The molecule has 3 N–H and O–H groups in total. The fourth-order valence-corrected chi connectivity index (χ4v) is 1.85. The molecule has 2 amide bonds. The number of anilines is 1. The minimum Gasteiger partial charge on any atom is -0.396 e. The predicted molar refractivity (Wildman–Crippen MR) is 62.8 cm³/mol. The van der Waals surface area contributed by atoms with Crippen molar-refractivity contribution in [3.8, 4) is 0 Å². The molecule has 1 unspecified atom stereocenters. The average Bonchev–Trinajstić information content (AvgIpc) is 2.76. The molecule has 1 aromatic rings. The zero-order chi connectivity index (χ0) is 14.5. The summed E-state index contributed by atoms with van der Waals surface area (Å²) in [5.41, 5.74) is 0. The van der Waals surface area contributed by atoms with Crippen LogP contribution < -0.4 is 10.6 Å². The summed E-state index contributed by atoms with van der Waals surface area (Å²) in [6.45, 7) is 1.73. The highest BCUT2D eigenvalue weighted by atomic mass is 32.1. The van der Waals surface area contributed by atoms with Crippen LogP contribution >= 0.6 is 11.3 Å². The monoisotopic (exact) mass is 298 g/mol. The number of aliphatic hydroxyl groups is 1. The van der Waals surface area contributed by atoms with Crippen molar-refractivity contribution in [1.82, 2.24) is 15.5 Å². The molecule has 0 aliphatic carbocycles. The lowest BCUT2D eigenvalue weighted by Gasteiger charge is -2.15. The van der Waals surface area contributed by atoms with Crippen LogP contribution in [0.2, 0.25) is 0 Å². The Morgan fingerprint density at radius 2 is 2.16 bits per heavy atom. The van der Waals surface area contributed by atoms with E-state index in [1.165, 1.54) is 0 Å². The van der Waals surface area contributed by atoms with Crippen LogP contribution in [0, 0.1) is 0 Å². The molecule has 0 saturated carbocycles. The molecule has 0 aromatic carbocycles. The molecule has 0 aliphatic heterocycles. The van der Waals surface area contributed by atoms with E-state index in [0.717, 1.165) is 0 Å². The van der Waals surface area contributed by atoms with Gasteiger partial charge >= 0.3 is 12.2 Å². The Kier molecular flexibility index (Phi) is 5.48. The van der Waals surface area contributed by atoms with Gasteiger partial charge in [0, 0.05) is 12.6 Å². The van der Waals surface area contributed by atoms with Crippen molar-refractivity contribution in [2.75, 3.05) is 11.9 Å². The van der Waals surface area contributed by atoms with Gasteiger partial charge in [0.25, 0.3) is 0 Å². The van der Waals surface area contributed by atoms with Crippen molar-refractivity contribution in [3.05, 3.63) is 5.01 Å². The summed E-state index contributed by atoms with van der Waals surface area (Å²) in [5, 5.41) is 18.2.